The number of aromatic nitrogens is 1. The summed E-state index contributed by atoms with van der Waals surface area (Å²) in [5.74, 6) is -0.699. The van der Waals surface area contributed by atoms with E-state index in [2.05, 4.69) is 15.0 Å². The third-order valence-corrected chi connectivity index (χ3v) is 5.97. The molecular formula is C21H20ClF2N3O3S2. The molecule has 0 atom stereocenters. The van der Waals surface area contributed by atoms with Crippen LogP contribution in [-0.2, 0) is 11.2 Å². The summed E-state index contributed by atoms with van der Waals surface area (Å²) < 4.78 is 37.1. The molecule has 0 unspecified atom stereocenters. The molecule has 3 N–H and O–H groups in total. The molecule has 0 aliphatic rings. The number of halogens is 3. The molecule has 11 heteroatoms. The Hall–Kier alpha value is -2.40. The van der Waals surface area contributed by atoms with Crippen LogP contribution in [0.15, 0.2) is 46.1 Å². The Morgan fingerprint density at radius 2 is 2.06 bits per heavy atom. The maximum Gasteiger partial charge on any atom is 0.304 e. The number of aliphatic carboxylic acids is 1. The maximum absolute atomic E-state index is 14.6. The number of carboxylic acids is 1. The van der Waals surface area contributed by atoms with Crippen molar-refractivity contribution in [2.24, 2.45) is 0 Å². The molecule has 0 aliphatic heterocycles. The summed E-state index contributed by atoms with van der Waals surface area (Å²) in [6.07, 6.45) is 1.16. The quantitative estimate of drug-likeness (QED) is 0.209. The van der Waals surface area contributed by atoms with E-state index < -0.39 is 17.6 Å². The number of thiazole rings is 1. The van der Waals surface area contributed by atoms with Crippen molar-refractivity contribution in [3.8, 4) is 11.5 Å². The Kier molecular flexibility index (Phi) is 9.10. The summed E-state index contributed by atoms with van der Waals surface area (Å²) in [7, 11) is 0. The van der Waals surface area contributed by atoms with Gasteiger partial charge in [-0.15, -0.1) is 11.3 Å². The molecule has 3 aromatic rings. The van der Waals surface area contributed by atoms with Crippen LogP contribution in [0, 0.1) is 11.6 Å². The average Bonchev–Trinajstić information content (AvgIpc) is 3.27. The van der Waals surface area contributed by atoms with E-state index in [4.69, 9.17) is 21.4 Å². The summed E-state index contributed by atoms with van der Waals surface area (Å²) >= 11 is 8.77. The van der Waals surface area contributed by atoms with E-state index in [1.165, 1.54) is 41.7 Å². The molecular weight excluding hydrogens is 480 g/mol. The van der Waals surface area contributed by atoms with Crippen molar-refractivity contribution >= 4 is 46.7 Å². The fraction of sp³-hybridized carbons (Fsp3) is 0.238. The Balaban J connectivity index is 1.64. The molecule has 0 bridgehead atoms. The van der Waals surface area contributed by atoms with Gasteiger partial charge in [-0.05, 0) is 61.2 Å². The first-order chi connectivity index (χ1) is 15.4. The zero-order valence-corrected chi connectivity index (χ0v) is 19.1. The third-order valence-electron chi connectivity index (χ3n) is 4.24. The molecule has 0 radical (unpaired) electrons. The minimum Gasteiger partial charge on any atom is -0.481 e. The standard InChI is InChI=1S/C21H20ClF2N3O3S2/c22-15-9-19(32-27-20-11-31-12-26-20)16(24)10-18(15)30-17-4-3-14(23)8-13(17)2-1-6-25-7-5-21(28)29/h3-4,8-12,25,27H,1-2,5-7H2,(H,28,29). The number of hydrogen-bond acceptors (Lipinski definition) is 7. The highest BCUT2D eigenvalue weighted by molar-refractivity contribution is 8.00. The maximum atomic E-state index is 14.6. The molecule has 6 nitrogen and oxygen atoms in total. The number of hydrogen-bond donors (Lipinski definition) is 3. The number of carbonyl (C=O) groups is 1. The molecule has 1 aromatic heterocycles. The first kappa shape index (κ1) is 24.2. The number of anilines is 1. The fourth-order valence-corrected chi connectivity index (χ4v) is 4.21. The van der Waals surface area contributed by atoms with E-state index in [0.717, 1.165) is 11.9 Å². The van der Waals surface area contributed by atoms with Gasteiger partial charge in [0.05, 0.1) is 21.8 Å². The van der Waals surface area contributed by atoms with Crippen LogP contribution < -0.4 is 14.8 Å². The van der Waals surface area contributed by atoms with Crippen LogP contribution in [0.25, 0.3) is 0 Å². The minimum absolute atomic E-state index is 0.0337. The summed E-state index contributed by atoms with van der Waals surface area (Å²) in [5.41, 5.74) is 2.26. The number of aryl methyl sites for hydroxylation is 1. The second kappa shape index (κ2) is 12.0. The first-order valence-electron chi connectivity index (χ1n) is 9.61. The van der Waals surface area contributed by atoms with Crippen LogP contribution in [0.5, 0.6) is 11.5 Å². The zero-order valence-electron chi connectivity index (χ0n) is 16.7. The lowest BCUT2D eigenvalue weighted by Crippen LogP contribution is -2.19. The zero-order chi connectivity index (χ0) is 22.9. The van der Waals surface area contributed by atoms with Gasteiger partial charge in [0.1, 0.15) is 29.0 Å². The molecule has 0 saturated heterocycles. The summed E-state index contributed by atoms with van der Waals surface area (Å²) in [5, 5.41) is 13.7. The lowest BCUT2D eigenvalue weighted by molar-refractivity contribution is -0.136. The van der Waals surface area contributed by atoms with Gasteiger partial charge in [-0.3, -0.25) is 4.79 Å². The molecule has 2 aromatic carbocycles. The van der Waals surface area contributed by atoms with Crippen molar-refractivity contribution in [2.45, 2.75) is 24.2 Å². The number of carboxylic acid groups (broad SMARTS) is 1. The van der Waals surface area contributed by atoms with Crippen LogP contribution in [-0.4, -0.2) is 29.1 Å². The van der Waals surface area contributed by atoms with Gasteiger partial charge in [-0.2, -0.15) is 0 Å². The van der Waals surface area contributed by atoms with E-state index in [-0.39, 0.29) is 22.1 Å². The highest BCUT2D eigenvalue weighted by atomic mass is 35.5. The largest absolute Gasteiger partial charge is 0.481 e. The summed E-state index contributed by atoms with van der Waals surface area (Å²) in [6.45, 7) is 0.926. The number of nitrogens with zero attached hydrogens (tertiary/aromatic N) is 1. The van der Waals surface area contributed by atoms with Crippen LogP contribution in [0.4, 0.5) is 14.6 Å². The monoisotopic (exact) mass is 499 g/mol. The van der Waals surface area contributed by atoms with E-state index in [1.54, 1.807) is 10.9 Å². The van der Waals surface area contributed by atoms with Crippen molar-refractivity contribution in [3.63, 3.8) is 0 Å². The van der Waals surface area contributed by atoms with Crippen LogP contribution in [0.3, 0.4) is 0 Å². The SMILES string of the molecule is O=C(O)CCNCCCc1cc(F)ccc1Oc1cc(F)c(SNc2cscn2)cc1Cl. The van der Waals surface area contributed by atoms with Crippen molar-refractivity contribution in [1.82, 2.24) is 10.3 Å². The van der Waals surface area contributed by atoms with Gasteiger partial charge in [-0.1, -0.05) is 11.6 Å². The van der Waals surface area contributed by atoms with Crippen LogP contribution in [0.2, 0.25) is 5.02 Å². The van der Waals surface area contributed by atoms with E-state index >= 15 is 0 Å². The van der Waals surface area contributed by atoms with E-state index in [0.29, 0.717) is 43.1 Å². The smallest absolute Gasteiger partial charge is 0.304 e. The van der Waals surface area contributed by atoms with Gasteiger partial charge < -0.3 is 19.9 Å². The topological polar surface area (TPSA) is 83.5 Å². The van der Waals surface area contributed by atoms with Gasteiger partial charge in [0.25, 0.3) is 0 Å². The van der Waals surface area contributed by atoms with E-state index in [1.807, 2.05) is 0 Å². The number of ether oxygens (including phenoxy) is 1. The molecule has 0 spiro atoms. The molecule has 0 fully saturated rings. The number of benzene rings is 2. The Bertz CT molecular complexity index is 1060. The summed E-state index contributed by atoms with van der Waals surface area (Å²) in [6, 6.07) is 6.73. The Morgan fingerprint density at radius 3 is 2.81 bits per heavy atom. The molecule has 3 rings (SSSR count). The second-order valence-corrected chi connectivity index (χ2v) is 8.62. The lowest BCUT2D eigenvalue weighted by atomic mass is 10.1. The molecule has 170 valence electrons. The van der Waals surface area contributed by atoms with Crippen LogP contribution >= 0.6 is 34.9 Å². The lowest BCUT2D eigenvalue weighted by Gasteiger charge is -2.14. The van der Waals surface area contributed by atoms with Crippen molar-refractivity contribution in [3.05, 3.63) is 63.4 Å². The van der Waals surface area contributed by atoms with Gasteiger partial charge >= 0.3 is 5.97 Å². The Labute approximate surface area is 197 Å². The fourth-order valence-electron chi connectivity index (χ4n) is 2.72. The van der Waals surface area contributed by atoms with Crippen LogP contribution in [0.1, 0.15) is 18.4 Å². The molecule has 0 amide bonds. The van der Waals surface area contributed by atoms with Gasteiger partial charge in [0.2, 0.25) is 0 Å². The third kappa shape index (κ3) is 7.33. The highest BCUT2D eigenvalue weighted by Crippen LogP contribution is 2.36. The molecule has 0 aliphatic carbocycles. The van der Waals surface area contributed by atoms with Crippen molar-refractivity contribution < 1.29 is 23.4 Å². The second-order valence-electron chi connectivity index (χ2n) is 6.64. The average molecular weight is 500 g/mol. The molecule has 32 heavy (non-hydrogen) atoms. The predicted molar refractivity (Wildman–Crippen MR) is 123 cm³/mol. The molecule has 0 saturated carbocycles. The highest BCUT2D eigenvalue weighted by Gasteiger charge is 2.14. The molecule has 1 heterocycles. The Morgan fingerprint density at radius 1 is 1.22 bits per heavy atom. The normalized spacial score (nSPS) is 10.8. The minimum atomic E-state index is -0.870. The van der Waals surface area contributed by atoms with E-state index in [9.17, 15) is 13.6 Å². The van der Waals surface area contributed by atoms with Gasteiger partial charge in [0, 0.05) is 18.0 Å². The van der Waals surface area contributed by atoms with Gasteiger partial charge in [-0.25, -0.2) is 13.8 Å². The summed E-state index contributed by atoms with van der Waals surface area (Å²) in [4.78, 5) is 14.9. The number of rotatable bonds is 12. The van der Waals surface area contributed by atoms with Gasteiger partial charge in [0.15, 0.2) is 0 Å². The number of nitrogens with one attached hydrogen (secondary N) is 2. The first-order valence-corrected chi connectivity index (χ1v) is 11.7. The predicted octanol–water partition coefficient (Wildman–Crippen LogP) is 5.98. The van der Waals surface area contributed by atoms with Crippen molar-refractivity contribution in [1.29, 1.82) is 0 Å². The van der Waals surface area contributed by atoms with Crippen molar-refractivity contribution in [2.75, 3.05) is 17.8 Å².